The second-order valence-electron chi connectivity index (χ2n) is 4.53. The molecule has 2 aromatic rings. The molecule has 1 heterocycles. The van der Waals surface area contributed by atoms with Crippen LogP contribution in [0.3, 0.4) is 0 Å². The van der Waals surface area contributed by atoms with E-state index in [-0.39, 0.29) is 11.9 Å². The summed E-state index contributed by atoms with van der Waals surface area (Å²) in [5.74, 6) is -0.202. The number of rotatable bonds is 4. The Labute approximate surface area is 126 Å². The van der Waals surface area contributed by atoms with Crippen molar-refractivity contribution in [1.29, 1.82) is 0 Å². The van der Waals surface area contributed by atoms with Crippen LogP contribution in [0.4, 0.5) is 0 Å². The van der Waals surface area contributed by atoms with Crippen molar-refractivity contribution in [3.63, 3.8) is 0 Å². The van der Waals surface area contributed by atoms with E-state index in [0.717, 1.165) is 22.2 Å². The lowest BCUT2D eigenvalue weighted by atomic mass is 10.0. The molecule has 4 nitrogen and oxygen atoms in total. The van der Waals surface area contributed by atoms with Gasteiger partial charge in [0, 0.05) is 10.7 Å². The summed E-state index contributed by atoms with van der Waals surface area (Å²) < 4.78 is 1.02. The van der Waals surface area contributed by atoms with Gasteiger partial charge in [0.15, 0.2) is 0 Å². The first-order chi connectivity index (χ1) is 9.60. The first-order valence-electron chi connectivity index (χ1n) is 6.45. The molecule has 1 amide bonds. The van der Waals surface area contributed by atoms with Gasteiger partial charge in [-0.1, -0.05) is 35.0 Å². The Morgan fingerprint density at radius 1 is 1.25 bits per heavy atom. The average molecular weight is 334 g/mol. The second kappa shape index (κ2) is 6.61. The standard InChI is InChI=1S/C15H16BrN3O/c1-3-13(11-4-6-12(16)7-5-11)19-15(20)14-9-17-10(2)8-18-14/h4-9,13H,3H2,1-2H3,(H,19,20). The zero-order chi connectivity index (χ0) is 14.5. The molecule has 1 aromatic carbocycles. The van der Waals surface area contributed by atoms with Crippen LogP contribution in [0, 0.1) is 6.92 Å². The predicted molar refractivity (Wildman–Crippen MR) is 81.4 cm³/mol. The minimum Gasteiger partial charge on any atom is -0.344 e. The molecule has 5 heteroatoms. The molecule has 0 fully saturated rings. The van der Waals surface area contributed by atoms with E-state index in [1.807, 2.05) is 38.1 Å². The van der Waals surface area contributed by atoms with Crippen molar-refractivity contribution in [2.45, 2.75) is 26.3 Å². The van der Waals surface area contributed by atoms with E-state index in [4.69, 9.17) is 0 Å². The van der Waals surface area contributed by atoms with Crippen molar-refractivity contribution in [2.75, 3.05) is 0 Å². The molecule has 0 saturated carbocycles. The molecule has 1 aromatic heterocycles. The van der Waals surface area contributed by atoms with Crippen LogP contribution in [0.2, 0.25) is 0 Å². The monoisotopic (exact) mass is 333 g/mol. The fraction of sp³-hybridized carbons (Fsp3) is 0.267. The number of nitrogens with one attached hydrogen (secondary N) is 1. The minimum atomic E-state index is -0.202. The van der Waals surface area contributed by atoms with Crippen LogP contribution in [-0.4, -0.2) is 15.9 Å². The summed E-state index contributed by atoms with van der Waals surface area (Å²) >= 11 is 3.41. The Morgan fingerprint density at radius 3 is 2.50 bits per heavy atom. The first-order valence-corrected chi connectivity index (χ1v) is 7.24. The number of hydrogen-bond acceptors (Lipinski definition) is 3. The summed E-state index contributed by atoms with van der Waals surface area (Å²) in [6.07, 6.45) is 3.90. The quantitative estimate of drug-likeness (QED) is 0.932. The molecule has 1 atom stereocenters. The second-order valence-corrected chi connectivity index (χ2v) is 5.44. The SMILES string of the molecule is CCC(NC(=O)c1cnc(C)cn1)c1ccc(Br)cc1. The molecule has 0 aliphatic heterocycles. The lowest BCUT2D eigenvalue weighted by Crippen LogP contribution is -2.29. The fourth-order valence-electron chi connectivity index (χ4n) is 1.86. The van der Waals surface area contributed by atoms with Crippen molar-refractivity contribution < 1.29 is 4.79 Å². The van der Waals surface area contributed by atoms with E-state index in [9.17, 15) is 4.79 Å². The van der Waals surface area contributed by atoms with Crippen LogP contribution >= 0.6 is 15.9 Å². The van der Waals surface area contributed by atoms with Crippen molar-refractivity contribution in [1.82, 2.24) is 15.3 Å². The number of hydrogen-bond donors (Lipinski definition) is 1. The molecular formula is C15H16BrN3O. The van der Waals surface area contributed by atoms with Gasteiger partial charge in [0.25, 0.3) is 5.91 Å². The summed E-state index contributed by atoms with van der Waals surface area (Å²) in [5, 5.41) is 2.98. The van der Waals surface area contributed by atoms with E-state index < -0.39 is 0 Å². The van der Waals surface area contributed by atoms with Gasteiger partial charge in [-0.25, -0.2) is 4.98 Å². The summed E-state index contributed by atoms with van der Waals surface area (Å²) in [7, 11) is 0. The Bertz CT molecular complexity index is 581. The van der Waals surface area contributed by atoms with E-state index >= 15 is 0 Å². The maximum absolute atomic E-state index is 12.1. The number of carbonyl (C=O) groups is 1. The van der Waals surface area contributed by atoms with Crippen molar-refractivity contribution in [3.05, 3.63) is 58.1 Å². The lowest BCUT2D eigenvalue weighted by Gasteiger charge is -2.17. The number of halogens is 1. The zero-order valence-corrected chi connectivity index (χ0v) is 13.0. The number of aromatic nitrogens is 2. The fourth-order valence-corrected chi connectivity index (χ4v) is 2.12. The van der Waals surface area contributed by atoms with Gasteiger partial charge in [0.05, 0.1) is 17.9 Å². The molecule has 1 N–H and O–H groups in total. The van der Waals surface area contributed by atoms with Gasteiger partial charge in [-0.05, 0) is 31.0 Å². The molecule has 2 rings (SSSR count). The molecule has 0 spiro atoms. The van der Waals surface area contributed by atoms with Gasteiger partial charge < -0.3 is 5.32 Å². The Kier molecular flexibility index (Phi) is 4.84. The third-order valence-electron chi connectivity index (χ3n) is 3.00. The number of carbonyl (C=O) groups excluding carboxylic acids is 1. The van der Waals surface area contributed by atoms with Crippen LogP contribution in [0.25, 0.3) is 0 Å². The van der Waals surface area contributed by atoms with E-state index in [1.165, 1.54) is 6.20 Å². The van der Waals surface area contributed by atoms with Crippen LogP contribution in [0.1, 0.15) is 41.1 Å². The van der Waals surface area contributed by atoms with E-state index in [0.29, 0.717) is 5.69 Å². The van der Waals surface area contributed by atoms with Crippen molar-refractivity contribution >= 4 is 21.8 Å². The van der Waals surface area contributed by atoms with Gasteiger partial charge >= 0.3 is 0 Å². The van der Waals surface area contributed by atoms with Gasteiger partial charge in [-0.2, -0.15) is 0 Å². The number of aryl methyl sites for hydroxylation is 1. The highest BCUT2D eigenvalue weighted by Crippen LogP contribution is 2.19. The highest BCUT2D eigenvalue weighted by atomic mass is 79.9. The molecule has 0 bridgehead atoms. The number of amides is 1. The van der Waals surface area contributed by atoms with Gasteiger partial charge in [0.1, 0.15) is 5.69 Å². The first kappa shape index (κ1) is 14.7. The number of benzene rings is 1. The van der Waals surface area contributed by atoms with Crippen molar-refractivity contribution in [3.8, 4) is 0 Å². The summed E-state index contributed by atoms with van der Waals surface area (Å²) in [6.45, 7) is 3.87. The third kappa shape index (κ3) is 3.63. The Balaban J connectivity index is 2.11. The lowest BCUT2D eigenvalue weighted by molar-refractivity contribution is 0.0930. The smallest absolute Gasteiger partial charge is 0.271 e. The highest BCUT2D eigenvalue weighted by molar-refractivity contribution is 9.10. The summed E-state index contributed by atoms with van der Waals surface area (Å²) in [5.41, 5.74) is 2.21. The Morgan fingerprint density at radius 2 is 1.95 bits per heavy atom. The van der Waals surface area contributed by atoms with Crippen LogP contribution in [-0.2, 0) is 0 Å². The topological polar surface area (TPSA) is 54.9 Å². The van der Waals surface area contributed by atoms with Gasteiger partial charge in [-0.15, -0.1) is 0 Å². The average Bonchev–Trinajstić information content (AvgIpc) is 2.46. The summed E-state index contributed by atoms with van der Waals surface area (Å²) in [6, 6.07) is 7.91. The zero-order valence-electron chi connectivity index (χ0n) is 11.4. The molecule has 0 aliphatic carbocycles. The molecule has 0 saturated heterocycles. The molecule has 104 valence electrons. The normalized spacial score (nSPS) is 11.9. The van der Waals surface area contributed by atoms with Gasteiger partial charge in [-0.3, -0.25) is 9.78 Å². The molecule has 0 aliphatic rings. The molecule has 0 radical (unpaired) electrons. The maximum atomic E-state index is 12.1. The van der Waals surface area contributed by atoms with E-state index in [1.54, 1.807) is 6.20 Å². The minimum absolute atomic E-state index is 0.0290. The van der Waals surface area contributed by atoms with Crippen molar-refractivity contribution in [2.24, 2.45) is 0 Å². The van der Waals surface area contributed by atoms with Crippen LogP contribution in [0.5, 0.6) is 0 Å². The molecule has 20 heavy (non-hydrogen) atoms. The number of nitrogens with zero attached hydrogens (tertiary/aromatic N) is 2. The Hall–Kier alpha value is -1.75. The van der Waals surface area contributed by atoms with Crippen LogP contribution < -0.4 is 5.32 Å². The molecular weight excluding hydrogens is 318 g/mol. The largest absolute Gasteiger partial charge is 0.344 e. The predicted octanol–water partition coefficient (Wildman–Crippen LogP) is 3.43. The summed E-state index contributed by atoms with van der Waals surface area (Å²) in [4.78, 5) is 20.3. The molecule has 1 unspecified atom stereocenters. The van der Waals surface area contributed by atoms with Gasteiger partial charge in [0.2, 0.25) is 0 Å². The highest BCUT2D eigenvalue weighted by Gasteiger charge is 2.15. The maximum Gasteiger partial charge on any atom is 0.271 e. The van der Waals surface area contributed by atoms with Crippen LogP contribution in [0.15, 0.2) is 41.1 Å². The van der Waals surface area contributed by atoms with E-state index in [2.05, 4.69) is 31.2 Å². The third-order valence-corrected chi connectivity index (χ3v) is 3.53.